The molecule has 4 amide bonds. The van der Waals surface area contributed by atoms with Gasteiger partial charge in [-0.2, -0.15) is 0 Å². The minimum atomic E-state index is -0.978. The largest absolute Gasteiger partial charge is 0.354 e. The molecule has 1 aromatic heterocycles. The maximum Gasteiger partial charge on any atom is 0.272 e. The summed E-state index contributed by atoms with van der Waals surface area (Å²) in [6.45, 7) is 2.79. The van der Waals surface area contributed by atoms with Crippen LogP contribution in [-0.4, -0.2) is 72.3 Å². The molecule has 0 radical (unpaired) electrons. The van der Waals surface area contributed by atoms with E-state index in [4.69, 9.17) is 0 Å². The zero-order chi connectivity index (χ0) is 27.7. The van der Waals surface area contributed by atoms with Crippen molar-refractivity contribution in [1.29, 1.82) is 0 Å². The molecule has 6 rings (SSSR count). The summed E-state index contributed by atoms with van der Waals surface area (Å²) in [6, 6.07) is 14.7. The van der Waals surface area contributed by atoms with Crippen molar-refractivity contribution in [2.45, 2.75) is 51.0 Å². The summed E-state index contributed by atoms with van der Waals surface area (Å²) < 4.78 is 0. The van der Waals surface area contributed by atoms with Crippen molar-refractivity contribution < 1.29 is 19.2 Å². The quantitative estimate of drug-likeness (QED) is 0.480. The van der Waals surface area contributed by atoms with Gasteiger partial charge in [-0.05, 0) is 74.6 Å². The van der Waals surface area contributed by atoms with Crippen LogP contribution in [0.2, 0.25) is 0 Å². The van der Waals surface area contributed by atoms with Gasteiger partial charge in [0.15, 0.2) is 0 Å². The second kappa shape index (κ2) is 10.6. The lowest BCUT2D eigenvalue weighted by Crippen LogP contribution is -2.61. The minimum Gasteiger partial charge on any atom is -0.354 e. The fraction of sp³-hybridized carbons (Fsp3) is 0.500. The highest BCUT2D eigenvalue weighted by Crippen LogP contribution is 2.52. The van der Waals surface area contributed by atoms with Gasteiger partial charge >= 0.3 is 0 Å². The number of anilines is 2. The Kier molecular flexibility index (Phi) is 6.93. The summed E-state index contributed by atoms with van der Waals surface area (Å²) in [5, 5.41) is 8.98. The van der Waals surface area contributed by atoms with Crippen molar-refractivity contribution in [3.8, 4) is 0 Å². The lowest BCUT2D eigenvalue weighted by Gasteiger charge is -2.54. The molecule has 1 spiro atoms. The third-order valence-electron chi connectivity index (χ3n) is 9.21. The number of likely N-dealkylation sites (tertiary alicyclic amines) is 1. The number of nitrogens with one attached hydrogen (secondary N) is 3. The Bertz CT molecular complexity index is 1300. The van der Waals surface area contributed by atoms with Gasteiger partial charge in [0, 0.05) is 37.9 Å². The molecule has 2 aliphatic carbocycles. The first-order chi connectivity index (χ1) is 19.4. The van der Waals surface area contributed by atoms with Gasteiger partial charge in [0.2, 0.25) is 17.7 Å². The van der Waals surface area contributed by atoms with Crippen LogP contribution in [0.15, 0.2) is 48.5 Å². The minimum absolute atomic E-state index is 0.0230. The average Bonchev–Trinajstić information content (AvgIpc) is 3.81. The molecule has 1 unspecified atom stereocenters. The number of hydrogen-bond acceptors (Lipinski definition) is 6. The molecule has 2 aliphatic heterocycles. The second-order valence-electron chi connectivity index (χ2n) is 11.6. The number of carbonyl (C=O) groups excluding carboxylic acids is 4. The van der Waals surface area contributed by atoms with Crippen molar-refractivity contribution >= 4 is 35.1 Å². The lowest BCUT2D eigenvalue weighted by molar-refractivity contribution is -0.137. The highest BCUT2D eigenvalue weighted by atomic mass is 16.2. The number of piperidine rings is 1. The van der Waals surface area contributed by atoms with Gasteiger partial charge in [-0.15, -0.1) is 0 Å². The Labute approximate surface area is 233 Å². The van der Waals surface area contributed by atoms with Crippen molar-refractivity contribution in [1.82, 2.24) is 20.5 Å². The van der Waals surface area contributed by atoms with Gasteiger partial charge in [0.25, 0.3) is 5.91 Å². The molecule has 4 fully saturated rings. The van der Waals surface area contributed by atoms with Crippen LogP contribution in [-0.2, 0) is 14.4 Å². The number of amides is 4. The number of para-hydroxylation sites is 1. The number of rotatable bonds is 6. The monoisotopic (exact) mass is 544 g/mol. The fourth-order valence-electron chi connectivity index (χ4n) is 6.31. The van der Waals surface area contributed by atoms with Crippen LogP contribution in [0.3, 0.4) is 0 Å². The summed E-state index contributed by atoms with van der Waals surface area (Å²) in [6.07, 6.45) is 5.46. The standard InChI is InChI=1S/C30H36N6O4/c37-25-20-36(17-5-16-31-25)24-9-4-8-22(33-24)26(38)35-18-14-29(15-19-35)11-10-23(29)34-28(40)30(12-13-30)27(39)32-21-6-2-1-3-7-21/h1-4,6-9,23H,5,10-20H2,(H,31,37)(H,32,39)(H,34,40). The molecule has 0 bridgehead atoms. The Hall–Kier alpha value is -3.95. The van der Waals surface area contributed by atoms with Gasteiger partial charge in [-0.25, -0.2) is 4.98 Å². The molecular formula is C30H36N6O4. The van der Waals surface area contributed by atoms with Crippen LogP contribution in [0.5, 0.6) is 0 Å². The molecule has 2 saturated carbocycles. The summed E-state index contributed by atoms with van der Waals surface area (Å²) >= 11 is 0. The van der Waals surface area contributed by atoms with Gasteiger partial charge in [-0.1, -0.05) is 24.3 Å². The first kappa shape index (κ1) is 26.3. The molecule has 3 N–H and O–H groups in total. The first-order valence-electron chi connectivity index (χ1n) is 14.3. The molecule has 40 heavy (non-hydrogen) atoms. The predicted molar refractivity (Wildman–Crippen MR) is 150 cm³/mol. The zero-order valence-electron chi connectivity index (χ0n) is 22.7. The van der Waals surface area contributed by atoms with E-state index in [0.717, 1.165) is 32.1 Å². The van der Waals surface area contributed by atoms with Gasteiger partial charge in [0.1, 0.15) is 16.9 Å². The van der Waals surface area contributed by atoms with E-state index in [1.54, 1.807) is 6.07 Å². The Morgan fingerprint density at radius 3 is 2.38 bits per heavy atom. The molecule has 2 aromatic rings. The topological polar surface area (TPSA) is 124 Å². The van der Waals surface area contributed by atoms with Gasteiger partial charge in [-0.3, -0.25) is 19.2 Å². The normalized spacial score (nSPS) is 22.9. The van der Waals surface area contributed by atoms with Crippen molar-refractivity contribution in [2.75, 3.05) is 42.9 Å². The van der Waals surface area contributed by atoms with E-state index in [0.29, 0.717) is 56.2 Å². The molecule has 1 aromatic carbocycles. The number of hydrogen-bond donors (Lipinski definition) is 3. The molecule has 10 heteroatoms. The van der Waals surface area contributed by atoms with Crippen LogP contribution in [0.1, 0.15) is 55.4 Å². The van der Waals surface area contributed by atoms with Crippen molar-refractivity contribution in [3.05, 3.63) is 54.2 Å². The third-order valence-corrected chi connectivity index (χ3v) is 9.21. The molecule has 2 saturated heterocycles. The van der Waals surface area contributed by atoms with Crippen LogP contribution in [0.25, 0.3) is 0 Å². The number of nitrogens with zero attached hydrogens (tertiary/aromatic N) is 3. The van der Waals surface area contributed by atoms with E-state index in [2.05, 4.69) is 20.9 Å². The summed E-state index contributed by atoms with van der Waals surface area (Å²) in [5.41, 5.74) is 0.0681. The van der Waals surface area contributed by atoms with Crippen LogP contribution < -0.4 is 20.9 Å². The lowest BCUT2D eigenvalue weighted by atomic mass is 9.59. The summed E-state index contributed by atoms with van der Waals surface area (Å²) in [5.74, 6) is 0.0880. The Balaban J connectivity index is 1.05. The van der Waals surface area contributed by atoms with Crippen molar-refractivity contribution in [2.24, 2.45) is 10.8 Å². The fourth-order valence-corrected chi connectivity index (χ4v) is 6.31. The van der Waals surface area contributed by atoms with E-state index in [9.17, 15) is 19.2 Å². The first-order valence-corrected chi connectivity index (χ1v) is 14.3. The van der Waals surface area contributed by atoms with Crippen LogP contribution in [0.4, 0.5) is 11.5 Å². The number of benzene rings is 1. The highest BCUT2D eigenvalue weighted by molar-refractivity contribution is 6.13. The molecule has 1 atom stereocenters. The summed E-state index contributed by atoms with van der Waals surface area (Å²) in [7, 11) is 0. The van der Waals surface area contributed by atoms with Crippen LogP contribution in [0, 0.1) is 10.8 Å². The average molecular weight is 545 g/mol. The Morgan fingerprint density at radius 2 is 1.68 bits per heavy atom. The van der Waals surface area contributed by atoms with E-state index in [1.165, 1.54) is 0 Å². The van der Waals surface area contributed by atoms with Crippen molar-refractivity contribution in [3.63, 3.8) is 0 Å². The maximum absolute atomic E-state index is 13.4. The molecule has 3 heterocycles. The molecule has 4 aliphatic rings. The molecular weight excluding hydrogens is 508 g/mol. The van der Waals surface area contributed by atoms with Gasteiger partial charge < -0.3 is 25.8 Å². The van der Waals surface area contributed by atoms with E-state index < -0.39 is 5.41 Å². The van der Waals surface area contributed by atoms with E-state index >= 15 is 0 Å². The van der Waals surface area contributed by atoms with E-state index in [-0.39, 0.29) is 41.6 Å². The Morgan fingerprint density at radius 1 is 0.900 bits per heavy atom. The maximum atomic E-state index is 13.4. The number of carbonyl (C=O) groups is 4. The van der Waals surface area contributed by atoms with Crippen LogP contribution >= 0.6 is 0 Å². The predicted octanol–water partition coefficient (Wildman–Crippen LogP) is 2.33. The number of pyridine rings is 1. The summed E-state index contributed by atoms with van der Waals surface area (Å²) in [4.78, 5) is 60.0. The van der Waals surface area contributed by atoms with Gasteiger partial charge in [0.05, 0.1) is 6.54 Å². The number of aromatic nitrogens is 1. The van der Waals surface area contributed by atoms with E-state index in [1.807, 2.05) is 52.3 Å². The smallest absolute Gasteiger partial charge is 0.272 e. The second-order valence-corrected chi connectivity index (χ2v) is 11.6. The highest BCUT2D eigenvalue weighted by Gasteiger charge is 2.59. The zero-order valence-corrected chi connectivity index (χ0v) is 22.7. The third kappa shape index (κ3) is 5.02. The SMILES string of the molecule is O=C1CN(c2cccc(C(=O)N3CCC4(CCC4NC(=O)C4(C(=O)Nc5ccccc5)CC4)CC3)n2)CCCN1. The molecule has 10 nitrogen and oxygen atoms in total. The molecule has 210 valence electrons.